The SMILES string of the molecule is Cc1ccc(CN2CCCC2CNc2nc(N)n3nc(-c4ccco4)nc3n2)c(F)c1Cl. The first-order valence-corrected chi connectivity index (χ1v) is 10.7. The fraction of sp³-hybridized carbons (Fsp3) is 0.333. The molecule has 3 N–H and O–H groups in total. The van der Waals surface area contributed by atoms with Gasteiger partial charge in [-0.15, -0.1) is 5.10 Å². The van der Waals surface area contributed by atoms with Crippen LogP contribution in [0.1, 0.15) is 24.0 Å². The lowest BCUT2D eigenvalue weighted by Gasteiger charge is -2.25. The number of likely N-dealkylation sites (tertiary alicyclic amines) is 1. The van der Waals surface area contributed by atoms with Crippen LogP contribution in [0.25, 0.3) is 17.4 Å². The van der Waals surface area contributed by atoms with Crippen molar-refractivity contribution in [2.75, 3.05) is 24.1 Å². The molecule has 166 valence electrons. The molecule has 1 fully saturated rings. The maximum atomic E-state index is 14.6. The first-order valence-electron chi connectivity index (χ1n) is 10.3. The van der Waals surface area contributed by atoms with Gasteiger partial charge in [-0.1, -0.05) is 23.7 Å². The molecule has 4 aromatic rings. The van der Waals surface area contributed by atoms with Crippen LogP contribution in [0.2, 0.25) is 5.02 Å². The number of rotatable bonds is 6. The summed E-state index contributed by atoms with van der Waals surface area (Å²) in [6, 6.07) is 7.38. The molecule has 0 amide bonds. The Morgan fingerprint density at radius 1 is 1.28 bits per heavy atom. The number of nitrogens with two attached hydrogens (primary N) is 1. The Bertz CT molecular complexity index is 1260. The van der Waals surface area contributed by atoms with Crippen molar-refractivity contribution in [1.29, 1.82) is 0 Å². The van der Waals surface area contributed by atoms with E-state index in [2.05, 4.69) is 30.3 Å². The topological polar surface area (TPSA) is 110 Å². The van der Waals surface area contributed by atoms with Gasteiger partial charge in [0, 0.05) is 24.7 Å². The monoisotopic (exact) mass is 456 g/mol. The molecular formula is C21H22ClFN8O. The van der Waals surface area contributed by atoms with E-state index in [1.807, 2.05) is 6.07 Å². The molecular weight excluding hydrogens is 435 g/mol. The minimum atomic E-state index is -0.342. The summed E-state index contributed by atoms with van der Waals surface area (Å²) >= 11 is 6.09. The van der Waals surface area contributed by atoms with E-state index >= 15 is 0 Å². The van der Waals surface area contributed by atoms with Crippen molar-refractivity contribution in [3.8, 4) is 11.6 Å². The summed E-state index contributed by atoms with van der Waals surface area (Å²) in [4.78, 5) is 15.3. The van der Waals surface area contributed by atoms with Gasteiger partial charge < -0.3 is 15.5 Å². The zero-order valence-electron chi connectivity index (χ0n) is 17.4. The Balaban J connectivity index is 1.30. The lowest BCUT2D eigenvalue weighted by atomic mass is 10.1. The molecule has 1 atom stereocenters. The largest absolute Gasteiger partial charge is 0.461 e. The fourth-order valence-electron chi connectivity index (χ4n) is 3.97. The third-order valence-corrected chi connectivity index (χ3v) is 6.16. The molecule has 3 aromatic heterocycles. The minimum absolute atomic E-state index is 0.169. The summed E-state index contributed by atoms with van der Waals surface area (Å²) in [6.07, 6.45) is 3.57. The van der Waals surface area contributed by atoms with Gasteiger partial charge in [-0.2, -0.15) is 19.5 Å². The molecule has 0 bridgehead atoms. The number of furan rings is 1. The van der Waals surface area contributed by atoms with Crippen LogP contribution in [0.15, 0.2) is 34.9 Å². The number of aromatic nitrogens is 5. The molecule has 4 heterocycles. The van der Waals surface area contributed by atoms with Crippen LogP contribution in [0.5, 0.6) is 0 Å². The predicted octanol–water partition coefficient (Wildman–Crippen LogP) is 3.54. The average molecular weight is 457 g/mol. The van der Waals surface area contributed by atoms with Gasteiger partial charge in [0.2, 0.25) is 17.7 Å². The van der Waals surface area contributed by atoms with Gasteiger partial charge in [-0.05, 0) is 44.0 Å². The summed E-state index contributed by atoms with van der Waals surface area (Å²) in [5.41, 5.74) is 7.39. The molecule has 1 saturated heterocycles. The molecule has 32 heavy (non-hydrogen) atoms. The van der Waals surface area contributed by atoms with Crippen molar-refractivity contribution >= 4 is 29.3 Å². The molecule has 0 spiro atoms. The van der Waals surface area contributed by atoms with E-state index in [9.17, 15) is 4.39 Å². The number of halogens is 2. The average Bonchev–Trinajstić information content (AvgIpc) is 3.53. The molecule has 1 aliphatic rings. The van der Waals surface area contributed by atoms with Gasteiger partial charge in [0.1, 0.15) is 5.82 Å². The van der Waals surface area contributed by atoms with Crippen LogP contribution in [-0.4, -0.2) is 48.6 Å². The summed E-state index contributed by atoms with van der Waals surface area (Å²) < 4.78 is 21.3. The molecule has 0 radical (unpaired) electrons. The number of benzene rings is 1. The number of anilines is 2. The maximum absolute atomic E-state index is 14.6. The van der Waals surface area contributed by atoms with Crippen molar-refractivity contribution in [3.05, 3.63) is 52.5 Å². The Kier molecular flexibility index (Phi) is 5.40. The number of aryl methyl sites for hydroxylation is 1. The van der Waals surface area contributed by atoms with Crippen LogP contribution < -0.4 is 11.1 Å². The number of fused-ring (bicyclic) bond motifs is 1. The number of nitrogens with one attached hydrogen (secondary N) is 1. The van der Waals surface area contributed by atoms with Gasteiger partial charge in [0.05, 0.1) is 11.3 Å². The number of nitrogen functional groups attached to an aromatic ring is 1. The van der Waals surface area contributed by atoms with Gasteiger partial charge in [0.25, 0.3) is 5.78 Å². The molecule has 0 saturated carbocycles. The van der Waals surface area contributed by atoms with E-state index in [4.69, 9.17) is 21.8 Å². The molecule has 1 unspecified atom stereocenters. The standard InChI is InChI=1S/C21H22ClFN8O/c1-12-6-7-13(17(23)16(12)22)11-30-8-2-4-14(30)10-25-20-27-19(24)31-21(28-20)26-18(29-31)15-5-3-9-32-15/h3,5-7,9,14H,2,4,8,10-11H2,1H3,(H3,24,25,26,27,28,29). The second-order valence-corrected chi connectivity index (χ2v) is 8.22. The van der Waals surface area contributed by atoms with E-state index < -0.39 is 0 Å². The number of hydrogen-bond acceptors (Lipinski definition) is 8. The van der Waals surface area contributed by atoms with Crippen LogP contribution in [-0.2, 0) is 6.54 Å². The van der Waals surface area contributed by atoms with Crippen molar-refractivity contribution < 1.29 is 8.81 Å². The lowest BCUT2D eigenvalue weighted by Crippen LogP contribution is -2.35. The summed E-state index contributed by atoms with van der Waals surface area (Å²) in [6.45, 7) is 3.77. The van der Waals surface area contributed by atoms with Crippen LogP contribution >= 0.6 is 11.6 Å². The van der Waals surface area contributed by atoms with Gasteiger partial charge in [-0.3, -0.25) is 4.90 Å². The van der Waals surface area contributed by atoms with E-state index in [1.165, 1.54) is 4.52 Å². The normalized spacial score (nSPS) is 16.8. The quantitative estimate of drug-likeness (QED) is 0.453. The highest BCUT2D eigenvalue weighted by Gasteiger charge is 2.26. The molecule has 5 rings (SSSR count). The van der Waals surface area contributed by atoms with Crippen molar-refractivity contribution in [2.24, 2.45) is 0 Å². The Hall–Kier alpha value is -3.24. The smallest absolute Gasteiger partial charge is 0.259 e. The van der Waals surface area contributed by atoms with Gasteiger partial charge in [0.15, 0.2) is 5.76 Å². The molecule has 1 aliphatic heterocycles. The minimum Gasteiger partial charge on any atom is -0.461 e. The zero-order chi connectivity index (χ0) is 22.2. The fourth-order valence-corrected chi connectivity index (χ4v) is 4.15. The first-order chi connectivity index (χ1) is 15.5. The first kappa shape index (κ1) is 20.7. The van der Waals surface area contributed by atoms with E-state index in [-0.39, 0.29) is 22.8 Å². The number of nitrogens with zero attached hydrogens (tertiary/aromatic N) is 6. The van der Waals surface area contributed by atoms with Gasteiger partial charge in [-0.25, -0.2) is 4.39 Å². The molecule has 1 aromatic carbocycles. The van der Waals surface area contributed by atoms with E-state index in [0.717, 1.165) is 24.9 Å². The van der Waals surface area contributed by atoms with Crippen LogP contribution in [0.4, 0.5) is 16.3 Å². The molecule has 0 aliphatic carbocycles. The van der Waals surface area contributed by atoms with Crippen molar-refractivity contribution in [1.82, 2.24) is 29.5 Å². The Morgan fingerprint density at radius 3 is 2.97 bits per heavy atom. The lowest BCUT2D eigenvalue weighted by molar-refractivity contribution is 0.250. The Labute approximate surface area is 188 Å². The highest BCUT2D eigenvalue weighted by molar-refractivity contribution is 6.31. The zero-order valence-corrected chi connectivity index (χ0v) is 18.2. The van der Waals surface area contributed by atoms with Crippen LogP contribution in [0, 0.1) is 12.7 Å². The van der Waals surface area contributed by atoms with E-state index in [0.29, 0.717) is 42.0 Å². The summed E-state index contributed by atoms with van der Waals surface area (Å²) in [5.74, 6) is 1.42. The second-order valence-electron chi connectivity index (χ2n) is 7.85. The second kappa shape index (κ2) is 8.36. The summed E-state index contributed by atoms with van der Waals surface area (Å²) in [7, 11) is 0. The van der Waals surface area contributed by atoms with Gasteiger partial charge >= 0.3 is 0 Å². The third kappa shape index (κ3) is 3.87. The maximum Gasteiger partial charge on any atom is 0.259 e. The van der Waals surface area contributed by atoms with E-state index in [1.54, 1.807) is 31.4 Å². The van der Waals surface area contributed by atoms with Crippen LogP contribution in [0.3, 0.4) is 0 Å². The number of hydrogen-bond donors (Lipinski definition) is 2. The summed E-state index contributed by atoms with van der Waals surface area (Å²) in [5, 5.41) is 7.73. The molecule has 11 heteroatoms. The Morgan fingerprint density at radius 2 is 2.16 bits per heavy atom. The van der Waals surface area contributed by atoms with Crippen molar-refractivity contribution in [3.63, 3.8) is 0 Å². The molecule has 9 nitrogen and oxygen atoms in total. The predicted molar refractivity (Wildman–Crippen MR) is 119 cm³/mol. The van der Waals surface area contributed by atoms with Crippen molar-refractivity contribution in [2.45, 2.75) is 32.4 Å². The highest BCUT2D eigenvalue weighted by Crippen LogP contribution is 2.26. The highest BCUT2D eigenvalue weighted by atomic mass is 35.5. The third-order valence-electron chi connectivity index (χ3n) is 5.70.